The first kappa shape index (κ1) is 17.3. The summed E-state index contributed by atoms with van der Waals surface area (Å²) in [6.45, 7) is 2.08. The van der Waals surface area contributed by atoms with Gasteiger partial charge < -0.3 is 24.6 Å². The van der Waals surface area contributed by atoms with E-state index < -0.39 is 18.2 Å². The zero-order valence-corrected chi connectivity index (χ0v) is 13.6. The molecule has 0 unspecified atom stereocenters. The number of rotatable bonds is 7. The summed E-state index contributed by atoms with van der Waals surface area (Å²) >= 11 is 0. The van der Waals surface area contributed by atoms with E-state index in [1.807, 2.05) is 0 Å². The number of aliphatic hydroxyl groups excluding tert-OH is 1. The van der Waals surface area contributed by atoms with E-state index in [4.69, 9.17) is 14.2 Å². The maximum absolute atomic E-state index is 11.7. The highest BCUT2D eigenvalue weighted by Crippen LogP contribution is 2.27. The van der Waals surface area contributed by atoms with Crippen molar-refractivity contribution in [3.05, 3.63) is 11.8 Å². The minimum Gasteiger partial charge on any atom is -0.481 e. The van der Waals surface area contributed by atoms with Crippen molar-refractivity contribution in [2.75, 3.05) is 14.2 Å². The minimum absolute atomic E-state index is 0.0966. The molecule has 0 aliphatic carbocycles. The van der Waals surface area contributed by atoms with Gasteiger partial charge in [-0.1, -0.05) is 19.8 Å². The number of nitrogens with one attached hydrogen (secondary N) is 1. The van der Waals surface area contributed by atoms with Gasteiger partial charge in [0.1, 0.15) is 12.2 Å². The molecule has 3 atom stereocenters. The number of unbranched alkanes of at least 4 members (excludes halogenated alkanes) is 1. The number of alkyl carbamates (subject to hydrolysis) is 1. The number of carbonyl (C=O) groups excluding carboxylic acids is 1. The van der Waals surface area contributed by atoms with Gasteiger partial charge in [-0.15, -0.1) is 0 Å². The van der Waals surface area contributed by atoms with Crippen LogP contribution in [-0.4, -0.2) is 47.5 Å². The predicted molar refractivity (Wildman–Crippen MR) is 81.4 cm³/mol. The second-order valence-corrected chi connectivity index (χ2v) is 5.42. The molecule has 0 saturated carbocycles. The third-order valence-electron chi connectivity index (χ3n) is 3.75. The first-order valence-corrected chi connectivity index (χ1v) is 7.69. The van der Waals surface area contributed by atoms with Gasteiger partial charge >= 0.3 is 12.1 Å². The summed E-state index contributed by atoms with van der Waals surface area (Å²) in [6, 6.07) is 1.14. The van der Waals surface area contributed by atoms with Gasteiger partial charge in [-0.25, -0.2) is 4.79 Å². The lowest BCUT2D eigenvalue weighted by atomic mass is 9.97. The number of ether oxygens (including phenoxy) is 3. The zero-order chi connectivity index (χ0) is 16.8. The Hall–Kier alpha value is -2.09. The number of aromatic nitrogens is 2. The quantitative estimate of drug-likeness (QED) is 0.784. The number of nitrogens with zero attached hydrogens (tertiary/aromatic N) is 2. The Balaban J connectivity index is 2.14. The lowest BCUT2D eigenvalue weighted by molar-refractivity contribution is 0.0179. The highest BCUT2D eigenvalue weighted by Gasteiger charge is 2.33. The molecular weight excluding hydrogens is 302 g/mol. The van der Waals surface area contributed by atoms with Crippen LogP contribution in [0.5, 0.6) is 11.9 Å². The number of methoxy groups -OCH3 is 2. The van der Waals surface area contributed by atoms with Crippen LogP contribution >= 0.6 is 0 Å². The molecule has 0 aromatic carbocycles. The van der Waals surface area contributed by atoms with Crippen molar-refractivity contribution < 1.29 is 24.1 Å². The fourth-order valence-electron chi connectivity index (χ4n) is 2.52. The van der Waals surface area contributed by atoms with E-state index in [-0.39, 0.29) is 18.0 Å². The molecule has 0 bridgehead atoms. The fraction of sp³-hybridized carbons (Fsp3) is 0.667. The number of carbonyl (C=O) groups is 1. The molecule has 1 aromatic rings. The van der Waals surface area contributed by atoms with Crippen molar-refractivity contribution in [1.82, 2.24) is 15.3 Å². The van der Waals surface area contributed by atoms with Crippen LogP contribution in [-0.2, 0) is 4.74 Å². The molecule has 1 fully saturated rings. The van der Waals surface area contributed by atoms with Crippen molar-refractivity contribution in [2.45, 2.75) is 50.9 Å². The highest BCUT2D eigenvalue weighted by atomic mass is 16.6. The van der Waals surface area contributed by atoms with Crippen LogP contribution in [0.25, 0.3) is 0 Å². The van der Waals surface area contributed by atoms with Gasteiger partial charge in [-0.05, 0) is 6.42 Å². The first-order chi connectivity index (χ1) is 11.1. The van der Waals surface area contributed by atoms with Crippen molar-refractivity contribution >= 4 is 6.09 Å². The molecule has 128 valence electrons. The maximum atomic E-state index is 11.7. The Morgan fingerprint density at radius 3 is 2.87 bits per heavy atom. The summed E-state index contributed by atoms with van der Waals surface area (Å²) in [5.74, 6) is 0.284. The Morgan fingerprint density at radius 2 is 2.22 bits per heavy atom. The molecule has 1 amide bonds. The van der Waals surface area contributed by atoms with E-state index in [1.165, 1.54) is 20.3 Å². The first-order valence-electron chi connectivity index (χ1n) is 7.69. The number of hydrogen-bond donors (Lipinski definition) is 2. The largest absolute Gasteiger partial charge is 0.481 e. The molecule has 8 nitrogen and oxygen atoms in total. The van der Waals surface area contributed by atoms with E-state index >= 15 is 0 Å². The van der Waals surface area contributed by atoms with E-state index in [2.05, 4.69) is 22.2 Å². The van der Waals surface area contributed by atoms with Gasteiger partial charge in [0.25, 0.3) is 0 Å². The van der Waals surface area contributed by atoms with E-state index in [0.717, 1.165) is 19.3 Å². The van der Waals surface area contributed by atoms with Crippen LogP contribution in [0.4, 0.5) is 4.79 Å². The SMILES string of the molecule is CCCC[C@@H]1C[C@H]([C@H](O)c2cc(OC)nc(OC)n2)NC(=O)O1. The van der Waals surface area contributed by atoms with Crippen LogP contribution in [0.2, 0.25) is 0 Å². The Morgan fingerprint density at radius 1 is 1.43 bits per heavy atom. The van der Waals surface area contributed by atoms with E-state index in [0.29, 0.717) is 12.1 Å². The molecule has 23 heavy (non-hydrogen) atoms. The molecule has 0 spiro atoms. The van der Waals surface area contributed by atoms with Crippen LogP contribution in [0.1, 0.15) is 44.4 Å². The predicted octanol–water partition coefficient (Wildman–Crippen LogP) is 1.58. The topological polar surface area (TPSA) is 103 Å². The Bertz CT molecular complexity index is 518. The molecule has 2 heterocycles. The van der Waals surface area contributed by atoms with Crippen molar-refractivity contribution in [3.63, 3.8) is 0 Å². The fourth-order valence-corrected chi connectivity index (χ4v) is 2.52. The van der Waals surface area contributed by atoms with Gasteiger partial charge in [-0.2, -0.15) is 9.97 Å². The average Bonchev–Trinajstić information content (AvgIpc) is 2.58. The van der Waals surface area contributed by atoms with E-state index in [1.54, 1.807) is 0 Å². The molecule has 1 aromatic heterocycles. The normalized spacial score (nSPS) is 22.0. The van der Waals surface area contributed by atoms with Gasteiger partial charge in [0.2, 0.25) is 5.88 Å². The number of hydrogen-bond acceptors (Lipinski definition) is 7. The number of amides is 1. The van der Waals surface area contributed by atoms with Crippen molar-refractivity contribution in [1.29, 1.82) is 0 Å². The summed E-state index contributed by atoms with van der Waals surface area (Å²) in [6.07, 6.45) is 1.57. The van der Waals surface area contributed by atoms with Crippen LogP contribution < -0.4 is 14.8 Å². The van der Waals surface area contributed by atoms with Gasteiger partial charge in [0.15, 0.2) is 0 Å². The second kappa shape index (κ2) is 7.96. The monoisotopic (exact) mass is 325 g/mol. The third kappa shape index (κ3) is 4.44. The molecule has 1 aliphatic heterocycles. The standard InChI is InChI=1S/C15H23N3O5/c1-4-5-6-9-7-10(17-15(20)23-9)13(19)11-8-12(21-2)18-14(16-11)22-3/h8-10,13,19H,4-7H2,1-3H3,(H,17,20)/t9-,10-,13+/m1/s1. The Kier molecular flexibility index (Phi) is 5.97. The third-order valence-corrected chi connectivity index (χ3v) is 3.75. The highest BCUT2D eigenvalue weighted by molar-refractivity contribution is 5.68. The molecule has 0 radical (unpaired) electrons. The maximum Gasteiger partial charge on any atom is 0.407 e. The summed E-state index contributed by atoms with van der Waals surface area (Å²) < 4.78 is 15.3. The number of cyclic esters (lactones) is 1. The summed E-state index contributed by atoms with van der Waals surface area (Å²) in [5, 5.41) is 13.2. The van der Waals surface area contributed by atoms with Crippen LogP contribution in [0, 0.1) is 0 Å². The molecule has 1 aliphatic rings. The van der Waals surface area contributed by atoms with Gasteiger partial charge in [-0.3, -0.25) is 0 Å². The lowest BCUT2D eigenvalue weighted by Crippen LogP contribution is -2.48. The molecular formula is C15H23N3O5. The van der Waals surface area contributed by atoms with E-state index in [9.17, 15) is 9.90 Å². The molecule has 2 rings (SSSR count). The van der Waals surface area contributed by atoms with Crippen LogP contribution in [0.3, 0.4) is 0 Å². The van der Waals surface area contributed by atoms with Crippen molar-refractivity contribution in [3.8, 4) is 11.9 Å². The molecule has 2 N–H and O–H groups in total. The average molecular weight is 325 g/mol. The number of aliphatic hydroxyl groups is 1. The minimum atomic E-state index is -1.00. The zero-order valence-electron chi connectivity index (χ0n) is 13.6. The summed E-state index contributed by atoms with van der Waals surface area (Å²) in [4.78, 5) is 19.8. The van der Waals surface area contributed by atoms with Crippen LogP contribution in [0.15, 0.2) is 6.07 Å². The smallest absolute Gasteiger partial charge is 0.407 e. The molecule has 1 saturated heterocycles. The summed E-state index contributed by atoms with van der Waals surface area (Å²) in [7, 11) is 2.90. The summed E-state index contributed by atoms with van der Waals surface area (Å²) in [5.41, 5.74) is 0.329. The Labute approximate surface area is 135 Å². The van der Waals surface area contributed by atoms with Gasteiger partial charge in [0, 0.05) is 12.5 Å². The van der Waals surface area contributed by atoms with Gasteiger partial charge in [0.05, 0.1) is 26.0 Å². The van der Waals surface area contributed by atoms with Crippen molar-refractivity contribution in [2.24, 2.45) is 0 Å². The molecule has 8 heteroatoms. The lowest BCUT2D eigenvalue weighted by Gasteiger charge is -2.32. The second-order valence-electron chi connectivity index (χ2n) is 5.42.